The third kappa shape index (κ3) is 3.04. The third-order valence-corrected chi connectivity index (χ3v) is 4.86. The van der Waals surface area contributed by atoms with Crippen LogP contribution in [0.3, 0.4) is 0 Å². The number of hydrogen-bond donors (Lipinski definition) is 1. The van der Waals surface area contributed by atoms with Crippen LogP contribution in [0.15, 0.2) is 48.5 Å². The van der Waals surface area contributed by atoms with Gasteiger partial charge in [0.25, 0.3) is 5.69 Å². The standard InChI is InChI=1S/C19H21FN2O2/c1-13-11-19(12-13,17-8-3-4-9-18(17)20)21-14(2)15-6-5-7-16(10-15)22(23)24/h3-10,13-14,21H,11-12H2,1-2H3. The minimum Gasteiger partial charge on any atom is -0.301 e. The molecule has 0 aromatic heterocycles. The van der Waals surface area contributed by atoms with Crippen molar-refractivity contribution in [1.29, 1.82) is 0 Å². The van der Waals surface area contributed by atoms with Gasteiger partial charge in [-0.25, -0.2) is 4.39 Å². The van der Waals surface area contributed by atoms with Crippen molar-refractivity contribution in [2.75, 3.05) is 0 Å². The Hall–Kier alpha value is -2.27. The lowest BCUT2D eigenvalue weighted by Gasteiger charge is -2.49. The molecule has 1 aliphatic rings. The van der Waals surface area contributed by atoms with E-state index in [-0.39, 0.29) is 17.5 Å². The maximum atomic E-state index is 14.3. The number of halogens is 1. The summed E-state index contributed by atoms with van der Waals surface area (Å²) in [6.45, 7) is 4.11. The number of rotatable bonds is 5. The van der Waals surface area contributed by atoms with Crippen LogP contribution < -0.4 is 5.32 Å². The highest BCUT2D eigenvalue weighted by Crippen LogP contribution is 2.47. The van der Waals surface area contributed by atoms with Gasteiger partial charge < -0.3 is 5.32 Å². The fourth-order valence-corrected chi connectivity index (χ4v) is 3.80. The lowest BCUT2D eigenvalue weighted by Crippen LogP contribution is -2.53. The third-order valence-electron chi connectivity index (χ3n) is 4.86. The van der Waals surface area contributed by atoms with E-state index < -0.39 is 10.5 Å². The highest BCUT2D eigenvalue weighted by molar-refractivity contribution is 5.37. The quantitative estimate of drug-likeness (QED) is 0.639. The van der Waals surface area contributed by atoms with Gasteiger partial charge in [-0.3, -0.25) is 10.1 Å². The normalized spacial score (nSPS) is 24.2. The second-order valence-electron chi connectivity index (χ2n) is 6.79. The van der Waals surface area contributed by atoms with Gasteiger partial charge in [-0.15, -0.1) is 0 Å². The summed E-state index contributed by atoms with van der Waals surface area (Å²) in [4.78, 5) is 10.6. The topological polar surface area (TPSA) is 55.2 Å². The maximum absolute atomic E-state index is 14.3. The highest BCUT2D eigenvalue weighted by atomic mass is 19.1. The summed E-state index contributed by atoms with van der Waals surface area (Å²) in [6.07, 6.45) is 1.71. The van der Waals surface area contributed by atoms with Crippen LogP contribution in [0, 0.1) is 21.8 Å². The van der Waals surface area contributed by atoms with Gasteiger partial charge >= 0.3 is 0 Å². The molecule has 0 heterocycles. The van der Waals surface area contributed by atoms with Crippen molar-refractivity contribution in [1.82, 2.24) is 5.32 Å². The van der Waals surface area contributed by atoms with Crippen LogP contribution in [0.4, 0.5) is 10.1 Å². The maximum Gasteiger partial charge on any atom is 0.269 e. The predicted octanol–water partition coefficient (Wildman–Crippen LogP) is 4.71. The van der Waals surface area contributed by atoms with Crippen LogP contribution in [0.2, 0.25) is 0 Å². The molecule has 0 radical (unpaired) electrons. The first-order chi connectivity index (χ1) is 11.4. The molecule has 0 aliphatic heterocycles. The van der Waals surface area contributed by atoms with Gasteiger partial charge in [0.05, 0.1) is 4.92 Å². The number of benzene rings is 2. The zero-order valence-electron chi connectivity index (χ0n) is 13.8. The van der Waals surface area contributed by atoms with Gasteiger partial charge in [0, 0.05) is 29.3 Å². The van der Waals surface area contributed by atoms with E-state index in [9.17, 15) is 14.5 Å². The van der Waals surface area contributed by atoms with Crippen molar-refractivity contribution in [3.8, 4) is 0 Å². The summed E-state index contributed by atoms with van der Waals surface area (Å²) >= 11 is 0. The number of nitrogens with one attached hydrogen (secondary N) is 1. The Morgan fingerprint density at radius 2 is 1.96 bits per heavy atom. The number of nitro groups is 1. The van der Waals surface area contributed by atoms with Crippen molar-refractivity contribution in [2.24, 2.45) is 5.92 Å². The summed E-state index contributed by atoms with van der Waals surface area (Å²) < 4.78 is 14.3. The Morgan fingerprint density at radius 3 is 2.58 bits per heavy atom. The second-order valence-corrected chi connectivity index (χ2v) is 6.79. The minimum atomic E-state index is -0.408. The molecule has 1 N–H and O–H groups in total. The van der Waals surface area contributed by atoms with Crippen LogP contribution in [0.25, 0.3) is 0 Å². The smallest absolute Gasteiger partial charge is 0.269 e. The summed E-state index contributed by atoms with van der Waals surface area (Å²) in [6, 6.07) is 13.3. The van der Waals surface area contributed by atoms with Crippen LogP contribution in [0.1, 0.15) is 43.9 Å². The minimum absolute atomic E-state index is 0.0723. The fourth-order valence-electron chi connectivity index (χ4n) is 3.80. The molecule has 0 saturated heterocycles. The largest absolute Gasteiger partial charge is 0.301 e. The van der Waals surface area contributed by atoms with Crippen molar-refractivity contribution in [3.63, 3.8) is 0 Å². The van der Waals surface area contributed by atoms with E-state index in [1.165, 1.54) is 12.1 Å². The molecule has 1 saturated carbocycles. The highest BCUT2D eigenvalue weighted by Gasteiger charge is 2.45. The van der Waals surface area contributed by atoms with Gasteiger partial charge in [0.1, 0.15) is 5.82 Å². The summed E-state index contributed by atoms with van der Waals surface area (Å²) in [5, 5.41) is 14.5. The number of nitro benzene ring substituents is 1. The van der Waals surface area contributed by atoms with E-state index in [4.69, 9.17) is 0 Å². The van der Waals surface area contributed by atoms with Gasteiger partial charge in [0.15, 0.2) is 0 Å². The first kappa shape index (κ1) is 16.6. The molecule has 5 heteroatoms. The van der Waals surface area contributed by atoms with Crippen LogP contribution >= 0.6 is 0 Å². The molecule has 126 valence electrons. The zero-order chi connectivity index (χ0) is 17.3. The molecular formula is C19H21FN2O2. The number of hydrogen-bond acceptors (Lipinski definition) is 3. The molecule has 4 nitrogen and oxygen atoms in total. The van der Waals surface area contributed by atoms with Gasteiger partial charge in [-0.2, -0.15) is 0 Å². The summed E-state index contributed by atoms with van der Waals surface area (Å²) in [7, 11) is 0. The molecule has 1 fully saturated rings. The lowest BCUT2D eigenvalue weighted by molar-refractivity contribution is -0.384. The molecule has 2 aromatic carbocycles. The summed E-state index contributed by atoms with van der Waals surface area (Å²) in [5.74, 6) is 0.317. The van der Waals surface area contributed by atoms with E-state index in [2.05, 4.69) is 12.2 Å². The molecule has 3 rings (SSSR count). The molecule has 1 aliphatic carbocycles. The molecule has 2 aromatic rings. The van der Waals surface area contributed by atoms with Gasteiger partial charge in [-0.05, 0) is 37.3 Å². The Balaban J connectivity index is 1.88. The molecule has 0 bridgehead atoms. The first-order valence-corrected chi connectivity index (χ1v) is 8.18. The van der Waals surface area contributed by atoms with Crippen molar-refractivity contribution in [3.05, 3.63) is 75.6 Å². The van der Waals surface area contributed by atoms with E-state index in [1.807, 2.05) is 25.1 Å². The Kier molecular flexibility index (Phi) is 4.37. The van der Waals surface area contributed by atoms with Crippen LogP contribution in [0.5, 0.6) is 0 Å². The molecule has 24 heavy (non-hydrogen) atoms. The first-order valence-electron chi connectivity index (χ1n) is 8.18. The predicted molar refractivity (Wildman–Crippen MR) is 91.1 cm³/mol. The molecule has 1 unspecified atom stereocenters. The lowest BCUT2D eigenvalue weighted by atomic mass is 9.65. The SMILES string of the molecule is CC1CC(NC(C)c2cccc([N+](=O)[O-])c2)(c2ccccc2F)C1. The van der Waals surface area contributed by atoms with Crippen molar-refractivity contribution in [2.45, 2.75) is 38.3 Å². The van der Waals surface area contributed by atoms with Gasteiger partial charge in [0.2, 0.25) is 0 Å². The van der Waals surface area contributed by atoms with Crippen LogP contribution in [-0.2, 0) is 5.54 Å². The molecular weight excluding hydrogens is 307 g/mol. The molecule has 1 atom stereocenters. The van der Waals surface area contributed by atoms with Gasteiger partial charge in [-0.1, -0.05) is 37.3 Å². The number of nitrogens with zero attached hydrogens (tertiary/aromatic N) is 1. The zero-order valence-corrected chi connectivity index (χ0v) is 13.8. The van der Waals surface area contributed by atoms with Crippen molar-refractivity contribution < 1.29 is 9.31 Å². The Morgan fingerprint density at radius 1 is 1.25 bits per heavy atom. The Bertz CT molecular complexity index is 757. The average Bonchev–Trinajstić information content (AvgIpc) is 2.53. The van der Waals surface area contributed by atoms with Crippen LogP contribution in [-0.4, -0.2) is 4.92 Å². The molecule has 0 spiro atoms. The van der Waals surface area contributed by atoms with E-state index in [0.717, 1.165) is 18.4 Å². The second kappa shape index (κ2) is 6.32. The van der Waals surface area contributed by atoms with Crippen molar-refractivity contribution >= 4 is 5.69 Å². The average molecular weight is 328 g/mol. The monoisotopic (exact) mass is 328 g/mol. The van der Waals surface area contributed by atoms with E-state index in [1.54, 1.807) is 18.2 Å². The number of non-ortho nitro benzene ring substituents is 1. The molecule has 0 amide bonds. The fraction of sp³-hybridized carbons (Fsp3) is 0.368. The summed E-state index contributed by atoms with van der Waals surface area (Å²) in [5.41, 5.74) is 1.18. The Labute approximate surface area is 140 Å². The van der Waals surface area contributed by atoms with E-state index in [0.29, 0.717) is 11.5 Å². The van der Waals surface area contributed by atoms with E-state index >= 15 is 0 Å².